The normalized spacial score (nSPS) is 24.5. The van der Waals surface area contributed by atoms with E-state index in [-0.39, 0.29) is 17.7 Å². The van der Waals surface area contributed by atoms with Crippen molar-refractivity contribution in [2.24, 2.45) is 5.73 Å². The van der Waals surface area contributed by atoms with E-state index in [9.17, 15) is 13.2 Å². The van der Waals surface area contributed by atoms with Gasteiger partial charge in [-0.25, -0.2) is 12.7 Å². The van der Waals surface area contributed by atoms with Crippen molar-refractivity contribution in [3.05, 3.63) is 0 Å². The van der Waals surface area contributed by atoms with E-state index < -0.39 is 10.0 Å². The summed E-state index contributed by atoms with van der Waals surface area (Å²) in [5.41, 5.74) is 5.14. The van der Waals surface area contributed by atoms with Gasteiger partial charge in [0.2, 0.25) is 15.9 Å². The summed E-state index contributed by atoms with van der Waals surface area (Å²) < 4.78 is 25.7. The van der Waals surface area contributed by atoms with E-state index in [0.717, 1.165) is 25.8 Å². The first kappa shape index (κ1) is 12.8. The molecule has 98 valence electrons. The van der Waals surface area contributed by atoms with Crippen molar-refractivity contribution in [1.82, 2.24) is 9.21 Å². The van der Waals surface area contributed by atoms with Crippen LogP contribution < -0.4 is 5.73 Å². The molecule has 1 amide bonds. The van der Waals surface area contributed by atoms with E-state index in [1.165, 1.54) is 0 Å². The Morgan fingerprint density at radius 3 is 2.47 bits per heavy atom. The molecule has 1 saturated carbocycles. The van der Waals surface area contributed by atoms with Crippen molar-refractivity contribution in [3.63, 3.8) is 0 Å². The van der Waals surface area contributed by atoms with Crippen LogP contribution in [0.3, 0.4) is 0 Å². The Morgan fingerprint density at radius 1 is 1.18 bits per heavy atom. The van der Waals surface area contributed by atoms with Crippen LogP contribution >= 0.6 is 0 Å². The Bertz CT molecular complexity index is 392. The molecule has 0 aromatic carbocycles. The number of amides is 1. The number of sulfonamides is 1. The number of hydrogen-bond donors (Lipinski definition) is 1. The zero-order valence-corrected chi connectivity index (χ0v) is 10.7. The lowest BCUT2D eigenvalue weighted by Gasteiger charge is -2.20. The molecule has 0 spiro atoms. The minimum atomic E-state index is -3.07. The van der Waals surface area contributed by atoms with Gasteiger partial charge in [-0.3, -0.25) is 9.69 Å². The third-order valence-electron chi connectivity index (χ3n) is 3.23. The van der Waals surface area contributed by atoms with Gasteiger partial charge in [0.15, 0.2) is 0 Å². The number of carbonyl (C=O) groups excluding carboxylic acids is 1. The van der Waals surface area contributed by atoms with Crippen molar-refractivity contribution in [1.29, 1.82) is 0 Å². The molecule has 0 atom stereocenters. The van der Waals surface area contributed by atoms with E-state index in [0.29, 0.717) is 19.6 Å². The van der Waals surface area contributed by atoms with Gasteiger partial charge in [0, 0.05) is 19.6 Å². The molecule has 6 nitrogen and oxygen atoms in total. The molecular weight excluding hydrogens is 242 g/mol. The maximum atomic E-state index is 12.0. The smallest absolute Gasteiger partial charge is 0.231 e. The monoisotopic (exact) mass is 261 g/mol. The van der Waals surface area contributed by atoms with E-state index in [4.69, 9.17) is 5.73 Å². The average molecular weight is 261 g/mol. The van der Waals surface area contributed by atoms with Crippen molar-refractivity contribution in [2.45, 2.75) is 24.5 Å². The SMILES string of the molecule is NC(=O)CN1CCCN(S(=O)(=O)C2CC2)CC1. The van der Waals surface area contributed by atoms with Crippen molar-refractivity contribution < 1.29 is 13.2 Å². The van der Waals surface area contributed by atoms with E-state index in [1.54, 1.807) is 4.31 Å². The molecule has 1 aliphatic carbocycles. The Balaban J connectivity index is 1.93. The van der Waals surface area contributed by atoms with Gasteiger partial charge in [-0.1, -0.05) is 0 Å². The maximum absolute atomic E-state index is 12.0. The summed E-state index contributed by atoms with van der Waals surface area (Å²) in [5.74, 6) is -0.358. The highest BCUT2D eigenvalue weighted by Crippen LogP contribution is 2.31. The van der Waals surface area contributed by atoms with Crippen molar-refractivity contribution >= 4 is 15.9 Å². The molecule has 2 rings (SSSR count). The fourth-order valence-electron chi connectivity index (χ4n) is 2.16. The Hall–Kier alpha value is -0.660. The van der Waals surface area contributed by atoms with Gasteiger partial charge in [0.1, 0.15) is 0 Å². The lowest BCUT2D eigenvalue weighted by atomic mass is 10.4. The first-order chi connectivity index (χ1) is 8.00. The molecule has 2 aliphatic rings. The van der Waals surface area contributed by atoms with Crippen LogP contribution in [0, 0.1) is 0 Å². The highest BCUT2D eigenvalue weighted by molar-refractivity contribution is 7.90. The van der Waals surface area contributed by atoms with Crippen LogP contribution in [0.1, 0.15) is 19.3 Å². The average Bonchev–Trinajstić information content (AvgIpc) is 3.03. The highest BCUT2D eigenvalue weighted by Gasteiger charge is 2.40. The van der Waals surface area contributed by atoms with Crippen molar-refractivity contribution in [3.8, 4) is 0 Å². The second kappa shape index (κ2) is 4.91. The van der Waals surface area contributed by atoms with Crippen LogP contribution in [0.4, 0.5) is 0 Å². The molecule has 7 heteroatoms. The predicted molar refractivity (Wildman–Crippen MR) is 63.8 cm³/mol. The number of nitrogens with two attached hydrogens (primary N) is 1. The molecule has 1 aliphatic heterocycles. The first-order valence-electron chi connectivity index (χ1n) is 6.00. The fourth-order valence-corrected chi connectivity index (χ4v) is 4.03. The lowest BCUT2D eigenvalue weighted by Crippen LogP contribution is -2.39. The van der Waals surface area contributed by atoms with Crippen LogP contribution in [0.25, 0.3) is 0 Å². The van der Waals surface area contributed by atoms with Gasteiger partial charge in [-0.05, 0) is 25.8 Å². The minimum absolute atomic E-state index is 0.148. The number of hydrogen-bond acceptors (Lipinski definition) is 4. The van der Waals surface area contributed by atoms with E-state index in [2.05, 4.69) is 0 Å². The second-order valence-corrected chi connectivity index (χ2v) is 6.95. The number of primary amides is 1. The quantitative estimate of drug-likeness (QED) is 0.701. The Morgan fingerprint density at radius 2 is 1.88 bits per heavy atom. The van der Waals surface area contributed by atoms with Gasteiger partial charge < -0.3 is 5.73 Å². The molecule has 0 bridgehead atoms. The summed E-state index contributed by atoms with van der Waals surface area (Å²) >= 11 is 0. The number of carbonyl (C=O) groups is 1. The summed E-state index contributed by atoms with van der Waals surface area (Å²) in [6.45, 7) is 2.59. The van der Waals surface area contributed by atoms with E-state index >= 15 is 0 Å². The Kier molecular flexibility index (Phi) is 3.70. The zero-order valence-electron chi connectivity index (χ0n) is 9.84. The summed E-state index contributed by atoms with van der Waals surface area (Å²) in [6.07, 6.45) is 2.35. The number of nitrogens with zero attached hydrogens (tertiary/aromatic N) is 2. The largest absolute Gasteiger partial charge is 0.369 e. The summed E-state index contributed by atoms with van der Waals surface area (Å²) in [4.78, 5) is 12.7. The first-order valence-corrected chi connectivity index (χ1v) is 7.50. The molecule has 2 fully saturated rings. The molecule has 0 unspecified atom stereocenters. The van der Waals surface area contributed by atoms with Crippen LogP contribution in [0.5, 0.6) is 0 Å². The van der Waals surface area contributed by atoms with Gasteiger partial charge in [-0.2, -0.15) is 0 Å². The van der Waals surface area contributed by atoms with Crippen molar-refractivity contribution in [2.75, 3.05) is 32.7 Å². The molecule has 1 saturated heterocycles. The second-order valence-electron chi connectivity index (χ2n) is 4.74. The van der Waals surface area contributed by atoms with Crippen LogP contribution in [0.2, 0.25) is 0 Å². The topological polar surface area (TPSA) is 83.7 Å². The predicted octanol–water partition coefficient (Wildman–Crippen LogP) is -1.03. The molecule has 0 aromatic heterocycles. The van der Waals surface area contributed by atoms with Gasteiger partial charge in [0.25, 0.3) is 0 Å². The third kappa shape index (κ3) is 3.17. The molecule has 2 N–H and O–H groups in total. The standard InChI is InChI=1S/C10H19N3O3S/c11-10(14)8-12-4-1-5-13(7-6-12)17(15,16)9-2-3-9/h9H,1-8H2,(H2,11,14). The lowest BCUT2D eigenvalue weighted by molar-refractivity contribution is -0.119. The third-order valence-corrected chi connectivity index (χ3v) is 5.63. The van der Waals surface area contributed by atoms with E-state index in [1.807, 2.05) is 4.90 Å². The minimum Gasteiger partial charge on any atom is -0.369 e. The summed E-state index contributed by atoms with van der Waals surface area (Å²) in [7, 11) is -3.07. The molecule has 17 heavy (non-hydrogen) atoms. The maximum Gasteiger partial charge on any atom is 0.231 e. The van der Waals surface area contributed by atoms with Crippen LogP contribution in [-0.2, 0) is 14.8 Å². The van der Waals surface area contributed by atoms with Crippen LogP contribution in [0.15, 0.2) is 0 Å². The summed E-state index contributed by atoms with van der Waals surface area (Å²) in [6, 6.07) is 0. The van der Waals surface area contributed by atoms with Gasteiger partial charge >= 0.3 is 0 Å². The summed E-state index contributed by atoms with van der Waals surface area (Å²) in [5, 5.41) is -0.148. The zero-order chi connectivity index (χ0) is 12.5. The number of rotatable bonds is 4. The van der Waals surface area contributed by atoms with Gasteiger partial charge in [-0.15, -0.1) is 0 Å². The molecular formula is C10H19N3O3S. The highest BCUT2D eigenvalue weighted by atomic mass is 32.2. The Labute approximate surface area is 102 Å². The molecule has 0 aromatic rings. The molecule has 1 heterocycles. The molecule has 0 radical (unpaired) electrons. The van der Waals surface area contributed by atoms with Crippen LogP contribution in [-0.4, -0.2) is 61.5 Å². The fraction of sp³-hybridized carbons (Fsp3) is 0.900. The van der Waals surface area contributed by atoms with Gasteiger partial charge in [0.05, 0.1) is 11.8 Å².